The predicted molar refractivity (Wildman–Crippen MR) is 113 cm³/mol. The average Bonchev–Trinajstić information content (AvgIpc) is 3.28. The number of rotatable bonds is 7. The molecule has 4 aliphatic carbocycles. The monoisotopic (exact) mass is 423 g/mol. The predicted octanol–water partition coefficient (Wildman–Crippen LogP) is 4.44. The second-order valence-electron chi connectivity index (χ2n) is 9.51. The molecule has 1 aromatic carbocycles. The van der Waals surface area contributed by atoms with E-state index in [-0.39, 0.29) is 18.1 Å². The summed E-state index contributed by atoms with van der Waals surface area (Å²) in [5.74, 6) is 3.19. The lowest BCUT2D eigenvalue weighted by Gasteiger charge is -2.60. The topological polar surface area (TPSA) is 69.0 Å². The molecule has 2 aromatic rings. The Kier molecular flexibility index (Phi) is 5.24. The van der Waals surface area contributed by atoms with E-state index in [2.05, 4.69) is 4.90 Å². The van der Waals surface area contributed by atoms with Crippen LogP contribution in [0.4, 0.5) is 0 Å². The zero-order chi connectivity index (χ0) is 21.4. The van der Waals surface area contributed by atoms with Gasteiger partial charge in [-0.3, -0.25) is 4.79 Å². The minimum absolute atomic E-state index is 0.00426. The van der Waals surface area contributed by atoms with Crippen LogP contribution in [0, 0.1) is 17.8 Å². The largest absolute Gasteiger partial charge is 0.484 e. The van der Waals surface area contributed by atoms with Crippen molar-refractivity contribution in [1.82, 2.24) is 4.90 Å². The van der Waals surface area contributed by atoms with Crippen LogP contribution >= 0.6 is 0 Å². The number of hydrogen-bond acceptors (Lipinski definition) is 5. The Morgan fingerprint density at radius 1 is 1.03 bits per heavy atom. The van der Waals surface area contributed by atoms with E-state index in [4.69, 9.17) is 13.9 Å². The molecule has 1 amide bonds. The van der Waals surface area contributed by atoms with Crippen LogP contribution in [0.3, 0.4) is 0 Å². The molecule has 0 unspecified atom stereocenters. The maximum atomic E-state index is 13.5. The van der Waals surface area contributed by atoms with Gasteiger partial charge in [0.25, 0.3) is 5.91 Å². The number of carbonyl (C=O) groups excluding carboxylic acids is 2. The Morgan fingerprint density at radius 2 is 1.68 bits per heavy atom. The number of methoxy groups -OCH3 is 1. The smallest absolute Gasteiger partial charge is 0.337 e. The summed E-state index contributed by atoms with van der Waals surface area (Å²) in [7, 11) is 1.35. The van der Waals surface area contributed by atoms with Gasteiger partial charge in [0.15, 0.2) is 6.61 Å². The van der Waals surface area contributed by atoms with Gasteiger partial charge in [0.1, 0.15) is 11.5 Å². The van der Waals surface area contributed by atoms with Crippen LogP contribution in [0.1, 0.15) is 54.6 Å². The van der Waals surface area contributed by atoms with E-state index in [1.54, 1.807) is 30.5 Å². The normalized spacial score (nSPS) is 28.4. The molecule has 0 spiro atoms. The summed E-state index contributed by atoms with van der Waals surface area (Å²) in [4.78, 5) is 27.1. The number of hydrogen-bond donors (Lipinski definition) is 0. The van der Waals surface area contributed by atoms with Gasteiger partial charge in [-0.2, -0.15) is 0 Å². The van der Waals surface area contributed by atoms with Crippen molar-refractivity contribution in [3.63, 3.8) is 0 Å². The number of amides is 1. The Hall–Kier alpha value is -2.76. The van der Waals surface area contributed by atoms with Crippen LogP contribution in [-0.2, 0) is 16.1 Å². The van der Waals surface area contributed by atoms with Gasteiger partial charge >= 0.3 is 5.97 Å². The molecular weight excluding hydrogens is 394 g/mol. The van der Waals surface area contributed by atoms with Crippen LogP contribution in [0.2, 0.25) is 0 Å². The summed E-state index contributed by atoms with van der Waals surface area (Å²) >= 11 is 0. The van der Waals surface area contributed by atoms with Crippen molar-refractivity contribution in [2.45, 2.75) is 50.6 Å². The van der Waals surface area contributed by atoms with Gasteiger partial charge in [0.05, 0.1) is 25.5 Å². The number of nitrogens with zero attached hydrogens (tertiary/aromatic N) is 1. The minimum Gasteiger partial charge on any atom is -0.484 e. The minimum atomic E-state index is -0.394. The summed E-state index contributed by atoms with van der Waals surface area (Å²) in [6, 6.07) is 10.5. The lowest BCUT2D eigenvalue weighted by molar-refractivity contribution is -0.155. The Labute approximate surface area is 182 Å². The molecule has 6 rings (SSSR count). The highest BCUT2D eigenvalue weighted by Gasteiger charge is 2.54. The van der Waals surface area contributed by atoms with Crippen LogP contribution in [-0.4, -0.2) is 36.0 Å². The third-order valence-electron chi connectivity index (χ3n) is 7.41. The SMILES string of the molecule is COC(=O)c1ccc(OCC(=O)N(Cc2ccco2)C23CC4CC(CC(C4)C2)C3)cc1. The van der Waals surface area contributed by atoms with Gasteiger partial charge in [-0.1, -0.05) is 0 Å². The van der Waals surface area contributed by atoms with E-state index in [0.29, 0.717) is 17.9 Å². The summed E-state index contributed by atoms with van der Waals surface area (Å²) in [6.07, 6.45) is 8.93. The van der Waals surface area contributed by atoms with E-state index in [1.165, 1.54) is 26.4 Å². The summed E-state index contributed by atoms with van der Waals surface area (Å²) in [5.41, 5.74) is 0.380. The fourth-order valence-corrected chi connectivity index (χ4v) is 6.50. The maximum absolute atomic E-state index is 13.5. The van der Waals surface area contributed by atoms with Gasteiger partial charge < -0.3 is 18.8 Å². The molecular formula is C25H29NO5. The van der Waals surface area contributed by atoms with Crippen molar-refractivity contribution in [3.8, 4) is 5.75 Å². The van der Waals surface area contributed by atoms with E-state index < -0.39 is 5.97 Å². The van der Waals surface area contributed by atoms with Crippen LogP contribution < -0.4 is 4.74 Å². The first-order valence-electron chi connectivity index (χ1n) is 11.2. The Bertz CT molecular complexity index is 898. The molecule has 4 saturated carbocycles. The molecule has 1 heterocycles. The zero-order valence-corrected chi connectivity index (χ0v) is 17.9. The highest BCUT2D eigenvalue weighted by Crippen LogP contribution is 2.58. The molecule has 1 aromatic heterocycles. The molecule has 0 atom stereocenters. The number of benzene rings is 1. The van der Waals surface area contributed by atoms with E-state index in [9.17, 15) is 9.59 Å². The second-order valence-corrected chi connectivity index (χ2v) is 9.51. The maximum Gasteiger partial charge on any atom is 0.337 e. The Morgan fingerprint density at radius 3 is 2.23 bits per heavy atom. The van der Waals surface area contributed by atoms with Crippen molar-refractivity contribution in [2.24, 2.45) is 17.8 Å². The standard InChI is InChI=1S/C25H29NO5/c1-29-24(28)20-4-6-21(7-5-20)31-16-23(27)26(15-22-3-2-8-30-22)25-12-17-9-18(13-25)11-19(10-17)14-25/h2-8,17-19H,9-16H2,1H3. The van der Waals surface area contributed by atoms with Crippen molar-refractivity contribution < 1.29 is 23.5 Å². The van der Waals surface area contributed by atoms with Crippen LogP contribution in [0.5, 0.6) is 5.75 Å². The average molecular weight is 424 g/mol. The Balaban J connectivity index is 1.32. The second kappa shape index (κ2) is 8.06. The van der Waals surface area contributed by atoms with Crippen molar-refractivity contribution in [2.75, 3.05) is 13.7 Å². The summed E-state index contributed by atoms with van der Waals surface area (Å²) in [6.45, 7) is 0.461. The molecule has 4 aliphatic rings. The summed E-state index contributed by atoms with van der Waals surface area (Å²) in [5, 5.41) is 0. The molecule has 4 fully saturated rings. The first-order chi connectivity index (χ1) is 15.0. The quantitative estimate of drug-likeness (QED) is 0.616. The lowest BCUT2D eigenvalue weighted by Crippen LogP contribution is -2.61. The van der Waals surface area contributed by atoms with E-state index in [1.807, 2.05) is 12.1 Å². The van der Waals surface area contributed by atoms with Gasteiger partial charge in [-0.15, -0.1) is 0 Å². The van der Waals surface area contributed by atoms with E-state index in [0.717, 1.165) is 42.8 Å². The molecule has 6 nitrogen and oxygen atoms in total. The van der Waals surface area contributed by atoms with Crippen molar-refractivity contribution in [3.05, 3.63) is 54.0 Å². The summed E-state index contributed by atoms with van der Waals surface area (Å²) < 4.78 is 16.2. The molecule has 164 valence electrons. The lowest BCUT2D eigenvalue weighted by atomic mass is 9.52. The fourth-order valence-electron chi connectivity index (χ4n) is 6.50. The highest BCUT2D eigenvalue weighted by atomic mass is 16.5. The number of esters is 1. The molecule has 6 heteroatoms. The zero-order valence-electron chi connectivity index (χ0n) is 17.9. The molecule has 0 saturated heterocycles. The molecule has 0 radical (unpaired) electrons. The molecule has 4 bridgehead atoms. The fraction of sp³-hybridized carbons (Fsp3) is 0.520. The van der Waals surface area contributed by atoms with Crippen molar-refractivity contribution >= 4 is 11.9 Å². The highest BCUT2D eigenvalue weighted by molar-refractivity contribution is 5.89. The van der Waals surface area contributed by atoms with E-state index >= 15 is 0 Å². The molecule has 0 N–H and O–H groups in total. The molecule has 0 aliphatic heterocycles. The van der Waals surface area contributed by atoms with Crippen LogP contribution in [0.25, 0.3) is 0 Å². The van der Waals surface area contributed by atoms with Gasteiger partial charge in [-0.25, -0.2) is 4.79 Å². The van der Waals surface area contributed by atoms with Gasteiger partial charge in [0.2, 0.25) is 0 Å². The number of carbonyl (C=O) groups is 2. The third-order valence-corrected chi connectivity index (χ3v) is 7.41. The number of ether oxygens (including phenoxy) is 2. The first-order valence-corrected chi connectivity index (χ1v) is 11.2. The van der Waals surface area contributed by atoms with Gasteiger partial charge in [0, 0.05) is 5.54 Å². The molecule has 31 heavy (non-hydrogen) atoms. The number of furan rings is 1. The van der Waals surface area contributed by atoms with Crippen LogP contribution in [0.15, 0.2) is 47.1 Å². The third kappa shape index (κ3) is 3.95. The van der Waals surface area contributed by atoms with Gasteiger partial charge in [-0.05, 0) is 92.7 Å². The first kappa shape index (κ1) is 20.2. The van der Waals surface area contributed by atoms with Crippen molar-refractivity contribution in [1.29, 1.82) is 0 Å².